The summed E-state index contributed by atoms with van der Waals surface area (Å²) in [6.45, 7) is 2.25. The Labute approximate surface area is 132 Å². The number of carbonyl (C=O) groups excluding carboxylic acids is 1. The summed E-state index contributed by atoms with van der Waals surface area (Å²) in [6.07, 6.45) is 2.51. The van der Waals surface area contributed by atoms with Crippen molar-refractivity contribution in [3.05, 3.63) is 27.7 Å². The van der Waals surface area contributed by atoms with Crippen LogP contribution in [0.3, 0.4) is 0 Å². The van der Waals surface area contributed by atoms with E-state index in [0.717, 1.165) is 30.4 Å². The van der Waals surface area contributed by atoms with Crippen molar-refractivity contribution in [2.45, 2.75) is 25.3 Å². The van der Waals surface area contributed by atoms with Gasteiger partial charge in [0.15, 0.2) is 0 Å². The number of piperidine rings is 1. The molecule has 1 heterocycles. The Bertz CT molecular complexity index is 464. The van der Waals surface area contributed by atoms with Gasteiger partial charge in [0.2, 0.25) is 5.91 Å². The highest BCUT2D eigenvalue weighted by Crippen LogP contribution is 2.27. The highest BCUT2D eigenvalue weighted by Gasteiger charge is 2.15. The molecule has 4 nitrogen and oxygen atoms in total. The van der Waals surface area contributed by atoms with E-state index in [2.05, 4.69) is 26.6 Å². The van der Waals surface area contributed by atoms with Crippen LogP contribution in [0.4, 0.5) is 0 Å². The fourth-order valence-electron chi connectivity index (χ4n) is 2.12. The summed E-state index contributed by atoms with van der Waals surface area (Å²) in [7, 11) is 0. The Kier molecular flexibility index (Phi) is 6.13. The maximum Gasteiger partial charge on any atom is 0.223 e. The first-order valence-corrected chi connectivity index (χ1v) is 7.90. The zero-order valence-corrected chi connectivity index (χ0v) is 13.5. The fourth-order valence-corrected chi connectivity index (χ4v) is 2.92. The van der Waals surface area contributed by atoms with Crippen molar-refractivity contribution in [1.29, 1.82) is 0 Å². The molecule has 1 aromatic rings. The van der Waals surface area contributed by atoms with Gasteiger partial charge in [-0.3, -0.25) is 4.79 Å². The summed E-state index contributed by atoms with van der Waals surface area (Å²) >= 11 is 9.23. The van der Waals surface area contributed by atoms with Crippen LogP contribution >= 0.6 is 27.5 Å². The lowest BCUT2D eigenvalue weighted by Crippen LogP contribution is -2.45. The average Bonchev–Trinajstić information content (AvgIpc) is 2.42. The van der Waals surface area contributed by atoms with Crippen molar-refractivity contribution in [2.24, 2.45) is 0 Å². The van der Waals surface area contributed by atoms with Gasteiger partial charge < -0.3 is 15.4 Å². The van der Waals surface area contributed by atoms with E-state index in [1.54, 1.807) is 18.2 Å². The number of nitrogens with one attached hydrogen (secondary N) is 2. The Morgan fingerprint density at radius 2 is 2.40 bits per heavy atom. The van der Waals surface area contributed by atoms with Crippen molar-refractivity contribution in [3.63, 3.8) is 0 Å². The van der Waals surface area contributed by atoms with Gasteiger partial charge in [0.25, 0.3) is 0 Å². The van der Waals surface area contributed by atoms with Crippen LogP contribution in [0, 0.1) is 0 Å². The van der Waals surface area contributed by atoms with Crippen molar-refractivity contribution in [2.75, 3.05) is 19.7 Å². The van der Waals surface area contributed by atoms with Crippen LogP contribution in [0.1, 0.15) is 19.3 Å². The highest BCUT2D eigenvalue weighted by molar-refractivity contribution is 9.10. The van der Waals surface area contributed by atoms with E-state index < -0.39 is 0 Å². The van der Waals surface area contributed by atoms with Gasteiger partial charge in [-0.25, -0.2) is 0 Å². The number of ether oxygens (including phenoxy) is 1. The summed E-state index contributed by atoms with van der Waals surface area (Å²) in [5.41, 5.74) is 0. The number of hydrogen-bond acceptors (Lipinski definition) is 3. The van der Waals surface area contributed by atoms with Crippen LogP contribution in [0.2, 0.25) is 5.02 Å². The second-order valence-electron chi connectivity index (χ2n) is 4.78. The predicted molar refractivity (Wildman–Crippen MR) is 83.3 cm³/mol. The number of carbonyl (C=O) groups is 1. The Hall–Kier alpha value is -0.780. The largest absolute Gasteiger partial charge is 0.492 e. The molecule has 20 heavy (non-hydrogen) atoms. The van der Waals surface area contributed by atoms with Crippen LogP contribution in [-0.2, 0) is 4.79 Å². The van der Waals surface area contributed by atoms with Gasteiger partial charge in [0.1, 0.15) is 5.75 Å². The molecule has 0 saturated carbocycles. The number of benzene rings is 1. The molecular weight excluding hydrogens is 344 g/mol. The third-order valence-corrected chi connectivity index (χ3v) is 4.00. The molecule has 1 atom stereocenters. The van der Waals surface area contributed by atoms with Crippen molar-refractivity contribution >= 4 is 33.4 Å². The standard InChI is InChI=1S/C14H18BrClN2O2/c15-12-8-10(16)3-4-13(12)20-7-5-14(19)18-11-2-1-6-17-9-11/h3-4,8,11,17H,1-2,5-7,9H2,(H,18,19)/t11-/m0/s1. The predicted octanol–water partition coefficient (Wildman–Crippen LogP) is 2.74. The lowest BCUT2D eigenvalue weighted by molar-refractivity contribution is -0.122. The van der Waals surface area contributed by atoms with Gasteiger partial charge in [0.05, 0.1) is 17.5 Å². The Morgan fingerprint density at radius 3 is 3.10 bits per heavy atom. The second kappa shape index (κ2) is 7.86. The maximum absolute atomic E-state index is 11.8. The van der Waals surface area contributed by atoms with E-state index in [4.69, 9.17) is 16.3 Å². The molecule has 6 heteroatoms. The highest BCUT2D eigenvalue weighted by atomic mass is 79.9. The molecule has 2 rings (SSSR count). The summed E-state index contributed by atoms with van der Waals surface area (Å²) in [6, 6.07) is 5.56. The number of halogens is 2. The van der Waals surface area contributed by atoms with Gasteiger partial charge in [-0.15, -0.1) is 0 Å². The van der Waals surface area contributed by atoms with Crippen molar-refractivity contribution in [1.82, 2.24) is 10.6 Å². The first-order valence-electron chi connectivity index (χ1n) is 6.73. The van der Waals surface area contributed by atoms with Crippen LogP contribution in [0.5, 0.6) is 5.75 Å². The molecule has 1 aliphatic rings. The lowest BCUT2D eigenvalue weighted by atomic mass is 10.1. The van der Waals surface area contributed by atoms with Gasteiger partial charge in [-0.1, -0.05) is 11.6 Å². The normalized spacial score (nSPS) is 18.6. The zero-order valence-electron chi connectivity index (χ0n) is 11.1. The molecule has 1 aromatic carbocycles. The lowest BCUT2D eigenvalue weighted by Gasteiger charge is -2.23. The minimum absolute atomic E-state index is 0.0313. The molecule has 1 amide bonds. The summed E-state index contributed by atoms with van der Waals surface area (Å²) < 4.78 is 6.36. The zero-order chi connectivity index (χ0) is 14.4. The number of amides is 1. The molecule has 1 aliphatic heterocycles. The number of rotatable bonds is 5. The molecule has 0 spiro atoms. The van der Waals surface area contributed by atoms with E-state index in [-0.39, 0.29) is 11.9 Å². The summed E-state index contributed by atoms with van der Waals surface area (Å²) in [5.74, 6) is 0.727. The minimum atomic E-state index is 0.0313. The maximum atomic E-state index is 11.8. The quantitative estimate of drug-likeness (QED) is 0.848. The molecule has 2 N–H and O–H groups in total. The average molecular weight is 362 g/mol. The second-order valence-corrected chi connectivity index (χ2v) is 6.07. The third kappa shape index (κ3) is 4.96. The van der Waals surface area contributed by atoms with Crippen molar-refractivity contribution in [3.8, 4) is 5.75 Å². The monoisotopic (exact) mass is 360 g/mol. The molecular formula is C14H18BrClN2O2. The molecule has 1 saturated heterocycles. The van der Waals surface area contributed by atoms with Crippen LogP contribution in [-0.4, -0.2) is 31.6 Å². The van der Waals surface area contributed by atoms with E-state index in [0.29, 0.717) is 23.8 Å². The van der Waals surface area contributed by atoms with E-state index >= 15 is 0 Å². The summed E-state index contributed by atoms with van der Waals surface area (Å²) in [4.78, 5) is 11.8. The Morgan fingerprint density at radius 1 is 1.55 bits per heavy atom. The van der Waals surface area contributed by atoms with Gasteiger partial charge in [-0.05, 0) is 53.5 Å². The van der Waals surface area contributed by atoms with Crippen molar-refractivity contribution < 1.29 is 9.53 Å². The molecule has 110 valence electrons. The number of hydrogen-bond donors (Lipinski definition) is 2. The topological polar surface area (TPSA) is 50.4 Å². The van der Waals surface area contributed by atoms with E-state index in [1.807, 2.05) is 0 Å². The molecule has 0 unspecified atom stereocenters. The van der Waals surface area contributed by atoms with Gasteiger partial charge >= 0.3 is 0 Å². The van der Waals surface area contributed by atoms with Gasteiger partial charge in [0, 0.05) is 17.6 Å². The van der Waals surface area contributed by atoms with Crippen LogP contribution < -0.4 is 15.4 Å². The fraction of sp³-hybridized carbons (Fsp3) is 0.500. The molecule has 0 aliphatic carbocycles. The smallest absolute Gasteiger partial charge is 0.223 e. The van der Waals surface area contributed by atoms with E-state index in [1.165, 1.54) is 0 Å². The molecule has 0 radical (unpaired) electrons. The first-order chi connectivity index (χ1) is 9.65. The SMILES string of the molecule is O=C(CCOc1ccc(Cl)cc1Br)N[C@H]1CCCNC1. The first kappa shape index (κ1) is 15.6. The van der Waals surface area contributed by atoms with Gasteiger partial charge in [-0.2, -0.15) is 0 Å². The molecule has 0 bridgehead atoms. The minimum Gasteiger partial charge on any atom is -0.492 e. The molecule has 1 fully saturated rings. The summed E-state index contributed by atoms with van der Waals surface area (Å²) in [5, 5.41) is 6.93. The molecule has 0 aromatic heterocycles. The van der Waals surface area contributed by atoms with E-state index in [9.17, 15) is 4.79 Å². The third-order valence-electron chi connectivity index (χ3n) is 3.14. The van der Waals surface area contributed by atoms with Crippen LogP contribution in [0.25, 0.3) is 0 Å². The Balaban J connectivity index is 1.70. The van der Waals surface area contributed by atoms with Crippen LogP contribution in [0.15, 0.2) is 22.7 Å².